The van der Waals surface area contributed by atoms with Crippen LogP contribution in [0.4, 0.5) is 20.3 Å². The van der Waals surface area contributed by atoms with Gasteiger partial charge >= 0.3 is 6.61 Å². The van der Waals surface area contributed by atoms with E-state index in [1.165, 1.54) is 12.1 Å². The van der Waals surface area contributed by atoms with Gasteiger partial charge in [0.25, 0.3) is 11.8 Å². The van der Waals surface area contributed by atoms with Crippen LogP contribution in [0, 0.1) is 6.92 Å². The summed E-state index contributed by atoms with van der Waals surface area (Å²) in [6, 6.07) is 11.9. The first-order chi connectivity index (χ1) is 20.0. The molecular formula is C30H34ClF2N7O3. The SMILES string of the molecule is Cc1cc(Nc2nccn3c(-c4ccc(OC(F)F)cc4)cnc23)ccc1C(=O)N1CCN(C(=O)C[N+](C)(C)C)CC1.[Cl-]. The molecule has 3 heterocycles. The van der Waals surface area contributed by atoms with E-state index in [4.69, 9.17) is 0 Å². The van der Waals surface area contributed by atoms with Crippen molar-refractivity contribution in [2.45, 2.75) is 13.5 Å². The Labute approximate surface area is 254 Å². The molecule has 5 rings (SSSR count). The number of nitrogens with zero attached hydrogens (tertiary/aromatic N) is 6. The van der Waals surface area contributed by atoms with Gasteiger partial charge in [0.1, 0.15) is 5.75 Å². The Morgan fingerprint density at radius 1 is 1.00 bits per heavy atom. The molecule has 228 valence electrons. The molecule has 2 aromatic heterocycles. The van der Waals surface area contributed by atoms with Crippen LogP contribution >= 0.6 is 0 Å². The van der Waals surface area contributed by atoms with Crippen molar-refractivity contribution in [1.29, 1.82) is 0 Å². The molecule has 0 unspecified atom stereocenters. The standard InChI is InChI=1S/C30H33F2N7O3.ClH/c1-20-17-22(7-10-24(20)29(41)37-15-13-36(14-16-37)26(40)19-39(2,3)4)35-27-28-34-18-25(38(28)12-11-33-27)21-5-8-23(9-6-21)42-30(31)32;/h5-12,17-18,30H,13-16,19H2,1-4H3;1H. The van der Waals surface area contributed by atoms with Gasteiger partial charge in [-0.3, -0.25) is 14.0 Å². The summed E-state index contributed by atoms with van der Waals surface area (Å²) in [6.45, 7) is 1.48. The maximum Gasteiger partial charge on any atom is 0.387 e. The van der Waals surface area contributed by atoms with E-state index in [0.717, 1.165) is 22.5 Å². The van der Waals surface area contributed by atoms with Crippen molar-refractivity contribution >= 4 is 29.0 Å². The Kier molecular flexibility index (Phi) is 9.51. The van der Waals surface area contributed by atoms with Crippen LogP contribution in [-0.2, 0) is 4.79 Å². The highest BCUT2D eigenvalue weighted by Crippen LogP contribution is 2.28. The number of ether oxygens (including phenoxy) is 1. The molecule has 13 heteroatoms. The third kappa shape index (κ3) is 7.38. The van der Waals surface area contributed by atoms with Crippen LogP contribution in [0.15, 0.2) is 61.1 Å². The maximum atomic E-state index is 13.3. The number of hydrogen-bond donors (Lipinski definition) is 1. The normalized spacial score (nSPS) is 13.7. The minimum absolute atomic E-state index is 0. The number of amides is 2. The number of piperazine rings is 1. The zero-order valence-electron chi connectivity index (χ0n) is 24.4. The quantitative estimate of drug-likeness (QED) is 0.299. The highest BCUT2D eigenvalue weighted by atomic mass is 35.5. The van der Waals surface area contributed by atoms with Crippen LogP contribution in [0.3, 0.4) is 0 Å². The molecular weight excluding hydrogens is 580 g/mol. The molecule has 0 saturated carbocycles. The second-order valence-corrected chi connectivity index (χ2v) is 11.3. The fourth-order valence-corrected chi connectivity index (χ4v) is 4.98. The molecule has 1 fully saturated rings. The molecule has 43 heavy (non-hydrogen) atoms. The van der Waals surface area contributed by atoms with Gasteiger partial charge in [0.15, 0.2) is 18.0 Å². The molecule has 0 radical (unpaired) electrons. The number of anilines is 2. The molecule has 0 spiro atoms. The molecule has 1 saturated heterocycles. The van der Waals surface area contributed by atoms with Crippen LogP contribution in [0.5, 0.6) is 5.75 Å². The van der Waals surface area contributed by atoms with E-state index < -0.39 is 6.61 Å². The summed E-state index contributed by atoms with van der Waals surface area (Å²) in [5, 5.41) is 3.30. The topological polar surface area (TPSA) is 92.1 Å². The minimum atomic E-state index is -2.88. The second-order valence-electron chi connectivity index (χ2n) is 11.3. The summed E-state index contributed by atoms with van der Waals surface area (Å²) in [6.07, 6.45) is 5.10. The van der Waals surface area contributed by atoms with Gasteiger partial charge in [-0.25, -0.2) is 9.97 Å². The molecule has 10 nitrogen and oxygen atoms in total. The van der Waals surface area contributed by atoms with Gasteiger partial charge in [0.2, 0.25) is 0 Å². The summed E-state index contributed by atoms with van der Waals surface area (Å²) in [7, 11) is 5.96. The lowest BCUT2D eigenvalue weighted by atomic mass is 10.1. The monoisotopic (exact) mass is 613 g/mol. The second kappa shape index (κ2) is 12.9. The van der Waals surface area contributed by atoms with Crippen molar-refractivity contribution in [2.24, 2.45) is 0 Å². The number of aromatic nitrogens is 3. The third-order valence-corrected chi connectivity index (χ3v) is 7.05. The highest BCUT2D eigenvalue weighted by Gasteiger charge is 2.28. The Morgan fingerprint density at radius 3 is 2.30 bits per heavy atom. The first-order valence-corrected chi connectivity index (χ1v) is 13.6. The zero-order chi connectivity index (χ0) is 30.0. The maximum absolute atomic E-state index is 13.3. The first-order valence-electron chi connectivity index (χ1n) is 13.6. The van der Waals surface area contributed by atoms with Gasteiger partial charge in [-0.2, -0.15) is 8.78 Å². The van der Waals surface area contributed by atoms with E-state index in [1.54, 1.807) is 41.7 Å². The molecule has 1 N–H and O–H groups in total. The van der Waals surface area contributed by atoms with Crippen LogP contribution in [0.2, 0.25) is 0 Å². The molecule has 1 aliphatic heterocycles. The van der Waals surface area contributed by atoms with Gasteiger partial charge in [0, 0.05) is 55.4 Å². The molecule has 1 aliphatic rings. The van der Waals surface area contributed by atoms with Crippen LogP contribution in [0.25, 0.3) is 16.9 Å². The number of likely N-dealkylation sites (N-methyl/N-ethyl adjacent to an activating group) is 1. The summed E-state index contributed by atoms with van der Waals surface area (Å²) in [4.78, 5) is 38.5. The van der Waals surface area contributed by atoms with E-state index in [2.05, 4.69) is 20.0 Å². The number of benzene rings is 2. The lowest BCUT2D eigenvalue weighted by Crippen LogP contribution is -3.00. The van der Waals surface area contributed by atoms with Crippen molar-refractivity contribution in [1.82, 2.24) is 24.2 Å². The molecule has 2 aromatic carbocycles. The number of nitrogens with one attached hydrogen (secondary N) is 1. The van der Waals surface area contributed by atoms with Crippen molar-refractivity contribution in [3.8, 4) is 17.0 Å². The smallest absolute Gasteiger partial charge is 0.387 e. The highest BCUT2D eigenvalue weighted by molar-refractivity contribution is 5.96. The predicted octanol–water partition coefficient (Wildman–Crippen LogP) is 1.04. The van der Waals surface area contributed by atoms with E-state index >= 15 is 0 Å². The van der Waals surface area contributed by atoms with Gasteiger partial charge in [0.05, 0.1) is 33.0 Å². The molecule has 0 atom stereocenters. The summed E-state index contributed by atoms with van der Waals surface area (Å²) < 4.78 is 31.9. The average molecular weight is 614 g/mol. The van der Waals surface area contributed by atoms with Crippen molar-refractivity contribution < 1.29 is 40.0 Å². The number of rotatable bonds is 8. The first kappa shape index (κ1) is 31.6. The van der Waals surface area contributed by atoms with Crippen molar-refractivity contribution in [3.05, 3.63) is 72.2 Å². The lowest BCUT2D eigenvalue weighted by Gasteiger charge is -2.36. The lowest BCUT2D eigenvalue weighted by molar-refractivity contribution is -0.862. The van der Waals surface area contributed by atoms with Gasteiger partial charge in [-0.15, -0.1) is 0 Å². The van der Waals surface area contributed by atoms with Crippen LogP contribution < -0.4 is 22.5 Å². The third-order valence-electron chi connectivity index (χ3n) is 7.05. The largest absolute Gasteiger partial charge is 1.00 e. The van der Waals surface area contributed by atoms with Gasteiger partial charge in [-0.1, -0.05) is 0 Å². The van der Waals surface area contributed by atoms with E-state index in [-0.39, 0.29) is 30.0 Å². The van der Waals surface area contributed by atoms with E-state index in [0.29, 0.717) is 54.2 Å². The molecule has 0 aliphatic carbocycles. The minimum Gasteiger partial charge on any atom is -1.00 e. The van der Waals surface area contributed by atoms with E-state index in [9.17, 15) is 18.4 Å². The fourth-order valence-electron chi connectivity index (χ4n) is 4.98. The number of aryl methyl sites for hydroxylation is 1. The van der Waals surface area contributed by atoms with E-state index in [1.807, 2.05) is 49.5 Å². The number of fused-ring (bicyclic) bond motifs is 1. The number of alkyl halides is 2. The predicted molar refractivity (Wildman–Crippen MR) is 155 cm³/mol. The summed E-state index contributed by atoms with van der Waals surface area (Å²) in [5.41, 5.74) is 4.29. The van der Waals surface area contributed by atoms with Crippen molar-refractivity contribution in [2.75, 3.05) is 59.2 Å². The van der Waals surface area contributed by atoms with Crippen LogP contribution in [-0.4, -0.2) is 101 Å². The summed E-state index contributed by atoms with van der Waals surface area (Å²) in [5.74, 6) is 0.652. The number of quaternary nitrogens is 1. The zero-order valence-corrected chi connectivity index (χ0v) is 25.2. The average Bonchev–Trinajstić information content (AvgIpc) is 3.37. The number of hydrogen-bond acceptors (Lipinski definition) is 6. The fraction of sp³-hybridized carbons (Fsp3) is 0.333. The Hall–Kier alpha value is -4.29. The number of halogens is 3. The molecule has 0 bridgehead atoms. The Balaban J connectivity index is 0.00000423. The van der Waals surface area contributed by atoms with Crippen molar-refractivity contribution in [3.63, 3.8) is 0 Å². The summed E-state index contributed by atoms with van der Waals surface area (Å²) >= 11 is 0. The number of carbonyl (C=O) groups is 2. The Bertz CT molecular complexity index is 1600. The number of imidazole rings is 1. The van der Waals surface area contributed by atoms with Gasteiger partial charge < -0.3 is 36.7 Å². The Morgan fingerprint density at radius 2 is 1.67 bits per heavy atom. The molecule has 4 aromatic rings. The molecule has 2 amide bonds. The van der Waals surface area contributed by atoms with Gasteiger partial charge in [-0.05, 0) is 55.0 Å². The van der Waals surface area contributed by atoms with Crippen LogP contribution in [0.1, 0.15) is 15.9 Å². The number of carbonyl (C=O) groups excluding carboxylic acids is 2.